The predicted octanol–water partition coefficient (Wildman–Crippen LogP) is 0.842. The minimum absolute atomic E-state index is 0.586. The second-order valence-electron chi connectivity index (χ2n) is 2.67. The zero-order valence-electron chi connectivity index (χ0n) is 7.52. The van der Waals surface area contributed by atoms with Crippen molar-refractivity contribution < 1.29 is 25.9 Å². The van der Waals surface area contributed by atoms with E-state index in [9.17, 15) is 16.8 Å². The zero-order valence-corrected chi connectivity index (χ0v) is 9.16. The summed E-state index contributed by atoms with van der Waals surface area (Å²) in [4.78, 5) is -2.14. The Morgan fingerprint density at radius 1 is 1.06 bits per heavy atom. The number of nitrogens with one attached hydrogen (secondary N) is 1. The third-order valence-electron chi connectivity index (χ3n) is 1.61. The average molecular weight is 266 g/mol. The van der Waals surface area contributed by atoms with E-state index in [1.54, 1.807) is 0 Å². The SMILES string of the molecule is N=Nc1cccc(S(=O)(=O)O)c1S(=O)(=O)O. The van der Waals surface area contributed by atoms with Crippen molar-refractivity contribution >= 4 is 25.9 Å². The van der Waals surface area contributed by atoms with Crippen molar-refractivity contribution in [2.75, 3.05) is 0 Å². The molecule has 0 saturated heterocycles. The first-order valence-corrected chi connectivity index (χ1v) is 6.51. The van der Waals surface area contributed by atoms with Crippen LogP contribution in [-0.4, -0.2) is 25.9 Å². The molecule has 1 rings (SSSR count). The molecular formula is C6H6N2O6S2. The molecule has 0 aliphatic heterocycles. The summed E-state index contributed by atoms with van der Waals surface area (Å²) in [5, 5.41) is 2.75. The molecule has 3 N–H and O–H groups in total. The van der Waals surface area contributed by atoms with Gasteiger partial charge in [-0.1, -0.05) is 6.07 Å². The molecule has 0 aliphatic carbocycles. The van der Waals surface area contributed by atoms with Gasteiger partial charge >= 0.3 is 0 Å². The minimum Gasteiger partial charge on any atom is -0.282 e. The highest BCUT2D eigenvalue weighted by Crippen LogP contribution is 2.30. The fourth-order valence-electron chi connectivity index (χ4n) is 1.05. The van der Waals surface area contributed by atoms with E-state index in [2.05, 4.69) is 5.11 Å². The van der Waals surface area contributed by atoms with E-state index in [4.69, 9.17) is 14.6 Å². The summed E-state index contributed by atoms with van der Waals surface area (Å²) in [6, 6.07) is 2.85. The lowest BCUT2D eigenvalue weighted by Crippen LogP contribution is -2.08. The summed E-state index contributed by atoms with van der Waals surface area (Å²) in [6.07, 6.45) is 0. The number of benzene rings is 1. The van der Waals surface area contributed by atoms with Gasteiger partial charge in [0.25, 0.3) is 20.2 Å². The third kappa shape index (κ3) is 2.41. The highest BCUT2D eigenvalue weighted by molar-refractivity contribution is 7.89. The van der Waals surface area contributed by atoms with Crippen LogP contribution in [0.1, 0.15) is 0 Å². The molecule has 10 heteroatoms. The first kappa shape index (κ1) is 12.7. The van der Waals surface area contributed by atoms with Gasteiger partial charge in [0.05, 0.1) is 0 Å². The fourth-order valence-corrected chi connectivity index (χ4v) is 2.98. The molecule has 0 spiro atoms. The van der Waals surface area contributed by atoms with Gasteiger partial charge in [0.2, 0.25) is 0 Å². The second-order valence-corrected chi connectivity index (χ2v) is 5.41. The summed E-state index contributed by atoms with van der Waals surface area (Å²) in [6.45, 7) is 0. The van der Waals surface area contributed by atoms with E-state index < -0.39 is 35.7 Å². The Morgan fingerprint density at radius 2 is 1.62 bits per heavy atom. The van der Waals surface area contributed by atoms with Crippen LogP contribution in [0.4, 0.5) is 5.69 Å². The quantitative estimate of drug-likeness (QED) is 0.546. The van der Waals surface area contributed by atoms with Crippen molar-refractivity contribution in [2.45, 2.75) is 9.79 Å². The molecule has 0 unspecified atom stereocenters. The molecular weight excluding hydrogens is 260 g/mol. The van der Waals surface area contributed by atoms with Gasteiger partial charge in [-0.15, -0.1) is 0 Å². The fraction of sp³-hybridized carbons (Fsp3) is 0. The van der Waals surface area contributed by atoms with Crippen LogP contribution in [-0.2, 0) is 20.2 Å². The van der Waals surface area contributed by atoms with Gasteiger partial charge in [0.15, 0.2) is 0 Å². The summed E-state index contributed by atoms with van der Waals surface area (Å²) >= 11 is 0. The molecule has 1 aromatic carbocycles. The van der Waals surface area contributed by atoms with Crippen LogP contribution in [0.3, 0.4) is 0 Å². The summed E-state index contributed by atoms with van der Waals surface area (Å²) in [5.74, 6) is 0. The van der Waals surface area contributed by atoms with Crippen LogP contribution in [0.2, 0.25) is 0 Å². The van der Waals surface area contributed by atoms with Gasteiger partial charge < -0.3 is 0 Å². The van der Waals surface area contributed by atoms with Crippen molar-refractivity contribution in [1.82, 2.24) is 0 Å². The minimum atomic E-state index is -4.91. The van der Waals surface area contributed by atoms with Crippen LogP contribution in [0.25, 0.3) is 0 Å². The van der Waals surface area contributed by atoms with Crippen LogP contribution in [0.15, 0.2) is 33.1 Å². The van der Waals surface area contributed by atoms with Gasteiger partial charge in [0.1, 0.15) is 15.5 Å². The Labute approximate surface area is 90.9 Å². The highest BCUT2D eigenvalue weighted by atomic mass is 32.2. The van der Waals surface area contributed by atoms with Crippen molar-refractivity contribution in [3.8, 4) is 0 Å². The molecule has 0 aliphatic rings. The smallest absolute Gasteiger partial charge is 0.282 e. The van der Waals surface area contributed by atoms with Crippen LogP contribution in [0, 0.1) is 5.53 Å². The van der Waals surface area contributed by atoms with E-state index >= 15 is 0 Å². The van der Waals surface area contributed by atoms with Crippen molar-refractivity contribution in [1.29, 1.82) is 5.53 Å². The van der Waals surface area contributed by atoms with Crippen molar-refractivity contribution in [2.24, 2.45) is 5.11 Å². The Kier molecular flexibility index (Phi) is 3.10. The molecule has 0 atom stereocenters. The maximum absolute atomic E-state index is 10.9. The molecule has 0 heterocycles. The first-order chi connectivity index (χ1) is 7.18. The lowest BCUT2D eigenvalue weighted by molar-refractivity contribution is 0.466. The average Bonchev–Trinajstić information content (AvgIpc) is 2.13. The molecule has 0 aromatic heterocycles. The lowest BCUT2D eigenvalue weighted by Gasteiger charge is -2.05. The van der Waals surface area contributed by atoms with E-state index in [0.29, 0.717) is 0 Å². The Bertz CT molecular complexity index is 633. The number of nitrogens with zero attached hydrogens (tertiary/aromatic N) is 1. The summed E-state index contributed by atoms with van der Waals surface area (Å²) in [5.41, 5.74) is 6.05. The molecule has 0 saturated carbocycles. The molecule has 0 radical (unpaired) electrons. The maximum atomic E-state index is 10.9. The number of hydrogen-bond acceptors (Lipinski definition) is 6. The molecule has 0 bridgehead atoms. The lowest BCUT2D eigenvalue weighted by atomic mass is 10.3. The van der Waals surface area contributed by atoms with Gasteiger partial charge in [-0.2, -0.15) is 21.9 Å². The Hall–Kier alpha value is -1.36. The standard InChI is InChI=1S/C6H6N2O6S2/c7-8-4-2-1-3-5(15(9,10)11)6(4)16(12,13)14/h1-3,7H,(H,9,10,11)(H,12,13,14). The molecule has 1 aromatic rings. The highest BCUT2D eigenvalue weighted by Gasteiger charge is 2.27. The van der Waals surface area contributed by atoms with E-state index in [0.717, 1.165) is 18.2 Å². The van der Waals surface area contributed by atoms with E-state index in [1.807, 2.05) is 0 Å². The largest absolute Gasteiger partial charge is 0.298 e. The van der Waals surface area contributed by atoms with Gasteiger partial charge in [-0.05, 0) is 12.1 Å². The number of hydrogen-bond donors (Lipinski definition) is 3. The molecule has 16 heavy (non-hydrogen) atoms. The Balaban J connectivity index is 3.86. The topological polar surface area (TPSA) is 145 Å². The predicted molar refractivity (Wildman–Crippen MR) is 50.9 cm³/mol. The first-order valence-electron chi connectivity index (χ1n) is 3.63. The van der Waals surface area contributed by atoms with Crippen LogP contribution >= 0.6 is 0 Å². The van der Waals surface area contributed by atoms with Gasteiger partial charge in [-0.25, -0.2) is 5.53 Å². The third-order valence-corrected chi connectivity index (χ3v) is 3.58. The zero-order chi connectivity index (χ0) is 12.6. The second kappa shape index (κ2) is 3.90. The molecule has 0 amide bonds. The van der Waals surface area contributed by atoms with Crippen LogP contribution in [0.5, 0.6) is 0 Å². The van der Waals surface area contributed by atoms with Crippen LogP contribution < -0.4 is 0 Å². The van der Waals surface area contributed by atoms with E-state index in [1.165, 1.54) is 0 Å². The normalized spacial score (nSPS) is 12.4. The van der Waals surface area contributed by atoms with Crippen molar-refractivity contribution in [3.05, 3.63) is 18.2 Å². The Morgan fingerprint density at radius 3 is 2.00 bits per heavy atom. The van der Waals surface area contributed by atoms with Crippen molar-refractivity contribution in [3.63, 3.8) is 0 Å². The van der Waals surface area contributed by atoms with Gasteiger partial charge in [-0.3, -0.25) is 9.11 Å². The maximum Gasteiger partial charge on any atom is 0.298 e. The van der Waals surface area contributed by atoms with Gasteiger partial charge in [0, 0.05) is 0 Å². The number of rotatable bonds is 3. The van der Waals surface area contributed by atoms with E-state index in [-0.39, 0.29) is 0 Å². The molecule has 88 valence electrons. The molecule has 8 nitrogen and oxygen atoms in total. The summed E-state index contributed by atoms with van der Waals surface area (Å²) in [7, 11) is -9.74. The summed E-state index contributed by atoms with van der Waals surface area (Å²) < 4.78 is 61.1. The molecule has 0 fully saturated rings. The monoisotopic (exact) mass is 266 g/mol.